The number of pyridine rings is 1. The highest BCUT2D eigenvalue weighted by Crippen LogP contribution is 2.15. The number of ether oxygens (including phenoxy) is 1. The van der Waals surface area contributed by atoms with Gasteiger partial charge in [0.15, 0.2) is 0 Å². The molecule has 0 radical (unpaired) electrons. The van der Waals surface area contributed by atoms with Gasteiger partial charge in [0.2, 0.25) is 0 Å². The molecule has 0 saturated heterocycles. The molecule has 2 aromatic rings. The van der Waals surface area contributed by atoms with Crippen molar-refractivity contribution in [1.82, 2.24) is 4.57 Å². The van der Waals surface area contributed by atoms with Crippen molar-refractivity contribution in [2.75, 3.05) is 6.61 Å². The molecule has 0 N–H and O–H groups in total. The van der Waals surface area contributed by atoms with Gasteiger partial charge in [-0.1, -0.05) is 18.2 Å². The Labute approximate surface area is 98.4 Å². The fourth-order valence-corrected chi connectivity index (χ4v) is 1.79. The first kappa shape index (κ1) is 11.4. The lowest BCUT2D eigenvalue weighted by Crippen LogP contribution is -2.19. The Balaban J connectivity index is 2.76. The van der Waals surface area contributed by atoms with Gasteiger partial charge in [-0.05, 0) is 13.0 Å². The molecular weight excluding hydrogens is 218 g/mol. The van der Waals surface area contributed by atoms with Crippen LogP contribution in [-0.4, -0.2) is 17.1 Å². The summed E-state index contributed by atoms with van der Waals surface area (Å²) in [6, 6.07) is 7.03. The fraction of sp³-hybridized carbons (Fsp3) is 0.231. The van der Waals surface area contributed by atoms with E-state index in [-0.39, 0.29) is 5.56 Å². The topological polar surface area (TPSA) is 48.3 Å². The molecule has 0 atom stereocenters. The second kappa shape index (κ2) is 4.41. The number of fused-ring (bicyclic) bond motifs is 1. The molecule has 0 unspecified atom stereocenters. The number of hydrogen-bond acceptors (Lipinski definition) is 3. The van der Waals surface area contributed by atoms with Crippen LogP contribution in [0, 0.1) is 0 Å². The lowest BCUT2D eigenvalue weighted by molar-refractivity contribution is 0.0528. The van der Waals surface area contributed by atoms with Gasteiger partial charge < -0.3 is 9.30 Å². The van der Waals surface area contributed by atoms with Gasteiger partial charge >= 0.3 is 5.97 Å². The van der Waals surface area contributed by atoms with Crippen molar-refractivity contribution in [2.24, 2.45) is 7.05 Å². The third kappa shape index (κ3) is 1.93. The predicted octanol–water partition coefficient (Wildman–Crippen LogP) is 1.72. The smallest absolute Gasteiger partial charge is 0.340 e. The van der Waals surface area contributed by atoms with E-state index in [0.717, 1.165) is 0 Å². The molecule has 88 valence electrons. The van der Waals surface area contributed by atoms with Gasteiger partial charge in [-0.25, -0.2) is 4.79 Å². The van der Waals surface area contributed by atoms with E-state index in [1.54, 1.807) is 38.2 Å². The number of hydrogen-bond donors (Lipinski definition) is 0. The Hall–Kier alpha value is -2.10. The van der Waals surface area contributed by atoms with E-state index >= 15 is 0 Å². The van der Waals surface area contributed by atoms with Gasteiger partial charge in [0.25, 0.3) is 5.56 Å². The van der Waals surface area contributed by atoms with E-state index in [0.29, 0.717) is 22.9 Å². The lowest BCUT2D eigenvalue weighted by atomic mass is 10.1. The number of carbonyl (C=O) groups is 1. The molecular formula is C13H13NO3. The normalized spacial score (nSPS) is 10.5. The molecule has 2 rings (SSSR count). The summed E-state index contributed by atoms with van der Waals surface area (Å²) in [6.07, 6.45) is 1.52. The van der Waals surface area contributed by atoms with Gasteiger partial charge in [0, 0.05) is 24.0 Å². The van der Waals surface area contributed by atoms with E-state index in [4.69, 9.17) is 4.74 Å². The van der Waals surface area contributed by atoms with E-state index in [2.05, 4.69) is 0 Å². The molecule has 17 heavy (non-hydrogen) atoms. The SMILES string of the molecule is CCOC(=O)c1cn(C)c(=O)c2ccccc12. The molecule has 4 heteroatoms. The van der Waals surface area contributed by atoms with Crippen molar-refractivity contribution in [1.29, 1.82) is 0 Å². The lowest BCUT2D eigenvalue weighted by Gasteiger charge is -2.08. The molecule has 0 fully saturated rings. The molecule has 0 aliphatic rings. The van der Waals surface area contributed by atoms with Crippen LogP contribution in [0.25, 0.3) is 10.8 Å². The van der Waals surface area contributed by atoms with E-state index in [1.165, 1.54) is 10.8 Å². The maximum atomic E-state index is 11.9. The van der Waals surface area contributed by atoms with E-state index in [9.17, 15) is 9.59 Å². The Kier molecular flexibility index (Phi) is 2.95. The van der Waals surface area contributed by atoms with Gasteiger partial charge in [-0.15, -0.1) is 0 Å². The Morgan fingerprint density at radius 3 is 2.59 bits per heavy atom. The van der Waals surface area contributed by atoms with Crippen molar-refractivity contribution in [2.45, 2.75) is 6.92 Å². The average Bonchev–Trinajstić information content (AvgIpc) is 2.34. The number of aryl methyl sites for hydroxylation is 1. The summed E-state index contributed by atoms with van der Waals surface area (Å²) in [5.41, 5.74) is 0.304. The van der Waals surface area contributed by atoms with Gasteiger partial charge in [0.05, 0.1) is 12.2 Å². The van der Waals surface area contributed by atoms with Crippen LogP contribution in [0.2, 0.25) is 0 Å². The quantitative estimate of drug-likeness (QED) is 0.739. The largest absolute Gasteiger partial charge is 0.462 e. The van der Waals surface area contributed by atoms with Gasteiger partial charge in [0.1, 0.15) is 0 Å². The predicted molar refractivity (Wildman–Crippen MR) is 65.1 cm³/mol. The summed E-state index contributed by atoms with van der Waals surface area (Å²) < 4.78 is 6.37. The molecule has 0 aliphatic heterocycles. The van der Waals surface area contributed by atoms with Crippen molar-refractivity contribution >= 4 is 16.7 Å². The molecule has 1 aromatic carbocycles. The molecule has 0 aliphatic carbocycles. The second-order valence-electron chi connectivity index (χ2n) is 3.72. The Bertz CT molecular complexity index is 628. The monoisotopic (exact) mass is 231 g/mol. The number of carbonyl (C=O) groups excluding carboxylic acids is 1. The number of aromatic nitrogens is 1. The molecule has 0 bridgehead atoms. The third-order valence-corrected chi connectivity index (χ3v) is 2.59. The summed E-state index contributed by atoms with van der Waals surface area (Å²) >= 11 is 0. The standard InChI is InChI=1S/C13H13NO3/c1-3-17-13(16)11-8-14(2)12(15)10-7-5-4-6-9(10)11/h4-8H,3H2,1-2H3. The third-order valence-electron chi connectivity index (χ3n) is 2.59. The van der Waals surface area contributed by atoms with Crippen LogP contribution >= 0.6 is 0 Å². The van der Waals surface area contributed by atoms with Crippen LogP contribution in [0.1, 0.15) is 17.3 Å². The summed E-state index contributed by atoms with van der Waals surface area (Å²) in [7, 11) is 1.62. The Morgan fingerprint density at radius 2 is 1.94 bits per heavy atom. The Morgan fingerprint density at radius 1 is 1.29 bits per heavy atom. The second-order valence-corrected chi connectivity index (χ2v) is 3.72. The van der Waals surface area contributed by atoms with Crippen molar-refractivity contribution in [3.8, 4) is 0 Å². The number of rotatable bonds is 2. The van der Waals surface area contributed by atoms with Gasteiger partial charge in [-0.3, -0.25) is 4.79 Å². The van der Waals surface area contributed by atoms with E-state index in [1.807, 2.05) is 0 Å². The van der Waals surface area contributed by atoms with Crippen LogP contribution in [0.3, 0.4) is 0 Å². The highest BCUT2D eigenvalue weighted by Gasteiger charge is 2.13. The number of nitrogens with zero attached hydrogens (tertiary/aromatic N) is 1. The molecule has 0 amide bonds. The highest BCUT2D eigenvalue weighted by atomic mass is 16.5. The van der Waals surface area contributed by atoms with Crippen LogP contribution in [0.4, 0.5) is 0 Å². The number of esters is 1. The first-order valence-corrected chi connectivity index (χ1v) is 5.40. The maximum Gasteiger partial charge on any atom is 0.340 e. The van der Waals surface area contributed by atoms with Crippen LogP contribution in [0.5, 0.6) is 0 Å². The summed E-state index contributed by atoms with van der Waals surface area (Å²) in [5, 5.41) is 1.16. The summed E-state index contributed by atoms with van der Waals surface area (Å²) in [5.74, 6) is -0.403. The zero-order chi connectivity index (χ0) is 12.4. The minimum absolute atomic E-state index is 0.117. The molecule has 1 heterocycles. The van der Waals surface area contributed by atoms with Crippen molar-refractivity contribution < 1.29 is 9.53 Å². The summed E-state index contributed by atoms with van der Waals surface area (Å²) in [4.78, 5) is 23.7. The van der Waals surface area contributed by atoms with Crippen LogP contribution < -0.4 is 5.56 Å². The molecule has 0 spiro atoms. The van der Waals surface area contributed by atoms with Crippen LogP contribution in [-0.2, 0) is 11.8 Å². The highest BCUT2D eigenvalue weighted by molar-refractivity contribution is 6.03. The minimum atomic E-state index is -0.403. The maximum absolute atomic E-state index is 11.9. The van der Waals surface area contributed by atoms with Crippen molar-refractivity contribution in [3.63, 3.8) is 0 Å². The van der Waals surface area contributed by atoms with Crippen molar-refractivity contribution in [3.05, 3.63) is 46.4 Å². The average molecular weight is 231 g/mol. The number of benzene rings is 1. The summed E-state index contributed by atoms with van der Waals surface area (Å²) in [6.45, 7) is 2.07. The first-order chi connectivity index (χ1) is 8.15. The van der Waals surface area contributed by atoms with Crippen LogP contribution in [0.15, 0.2) is 35.3 Å². The zero-order valence-electron chi connectivity index (χ0n) is 9.77. The molecule has 0 saturated carbocycles. The molecule has 1 aromatic heterocycles. The van der Waals surface area contributed by atoms with Gasteiger partial charge in [-0.2, -0.15) is 0 Å². The minimum Gasteiger partial charge on any atom is -0.462 e. The molecule has 4 nitrogen and oxygen atoms in total. The first-order valence-electron chi connectivity index (χ1n) is 5.40. The van der Waals surface area contributed by atoms with E-state index < -0.39 is 5.97 Å². The fourth-order valence-electron chi connectivity index (χ4n) is 1.79. The zero-order valence-corrected chi connectivity index (χ0v) is 9.77.